The van der Waals surface area contributed by atoms with E-state index in [1.807, 2.05) is 0 Å². The van der Waals surface area contributed by atoms with Crippen LogP contribution in [0.2, 0.25) is 0 Å². The van der Waals surface area contributed by atoms with Crippen LogP contribution in [-0.2, 0) is 6.42 Å². The summed E-state index contributed by atoms with van der Waals surface area (Å²) in [5.41, 5.74) is 1.07. The van der Waals surface area contributed by atoms with Crippen molar-refractivity contribution >= 4 is 10.9 Å². The normalized spacial score (nSPS) is 13.9. The van der Waals surface area contributed by atoms with Crippen molar-refractivity contribution in [2.75, 3.05) is 0 Å². The quantitative estimate of drug-likeness (QED) is 0.876. The Morgan fingerprint density at radius 1 is 1.18 bits per heavy atom. The van der Waals surface area contributed by atoms with Crippen molar-refractivity contribution in [1.29, 1.82) is 0 Å². The molecule has 0 spiro atoms. The van der Waals surface area contributed by atoms with Crippen LogP contribution in [0.4, 0.5) is 13.2 Å². The van der Waals surface area contributed by atoms with Crippen molar-refractivity contribution in [1.82, 2.24) is 4.98 Å². The van der Waals surface area contributed by atoms with Crippen LogP contribution in [-0.4, -0.2) is 22.4 Å². The maximum Gasteiger partial charge on any atom is 0.414 e. The highest BCUT2D eigenvalue weighted by Gasteiger charge is 2.38. The molecule has 1 atom stereocenters. The summed E-state index contributed by atoms with van der Waals surface area (Å²) in [6.45, 7) is 0. The zero-order chi connectivity index (χ0) is 12.5. The average molecular weight is 241 g/mol. The second-order valence-corrected chi connectivity index (χ2v) is 3.75. The van der Waals surface area contributed by atoms with E-state index in [0.717, 1.165) is 0 Å². The van der Waals surface area contributed by atoms with Crippen LogP contribution in [0, 0.1) is 0 Å². The van der Waals surface area contributed by atoms with Gasteiger partial charge in [0.25, 0.3) is 0 Å². The van der Waals surface area contributed by atoms with Gasteiger partial charge in [0.2, 0.25) is 0 Å². The van der Waals surface area contributed by atoms with Crippen LogP contribution in [0.25, 0.3) is 10.9 Å². The van der Waals surface area contributed by atoms with E-state index in [1.54, 1.807) is 24.3 Å². The van der Waals surface area contributed by atoms with E-state index in [1.165, 1.54) is 12.3 Å². The Bertz CT molecular complexity index is 519. The fourth-order valence-electron chi connectivity index (χ4n) is 1.66. The standard InChI is InChI=1S/C12H10F3NO/c13-12(14,15)11(17)7-8-5-6-16-10-4-2-1-3-9(8)10/h1-6,11,17H,7H2. The van der Waals surface area contributed by atoms with E-state index in [-0.39, 0.29) is 0 Å². The Kier molecular flexibility index (Phi) is 3.02. The second kappa shape index (κ2) is 4.33. The van der Waals surface area contributed by atoms with Crippen LogP contribution >= 0.6 is 0 Å². The van der Waals surface area contributed by atoms with Crippen LogP contribution < -0.4 is 0 Å². The number of hydrogen-bond acceptors (Lipinski definition) is 2. The number of aromatic nitrogens is 1. The number of aliphatic hydroxyl groups is 1. The molecule has 0 fully saturated rings. The number of rotatable bonds is 2. The molecule has 0 aliphatic heterocycles. The van der Waals surface area contributed by atoms with Gasteiger partial charge in [-0.3, -0.25) is 4.98 Å². The highest BCUT2D eigenvalue weighted by Crippen LogP contribution is 2.25. The van der Waals surface area contributed by atoms with Gasteiger partial charge in [-0.05, 0) is 17.7 Å². The van der Waals surface area contributed by atoms with Gasteiger partial charge in [-0.15, -0.1) is 0 Å². The second-order valence-electron chi connectivity index (χ2n) is 3.75. The molecule has 2 aromatic rings. The monoisotopic (exact) mass is 241 g/mol. The lowest BCUT2D eigenvalue weighted by molar-refractivity contribution is -0.202. The lowest BCUT2D eigenvalue weighted by Crippen LogP contribution is -2.30. The van der Waals surface area contributed by atoms with Crippen molar-refractivity contribution < 1.29 is 18.3 Å². The summed E-state index contributed by atoms with van der Waals surface area (Å²) in [6, 6.07) is 8.41. The van der Waals surface area contributed by atoms with Gasteiger partial charge in [-0.1, -0.05) is 18.2 Å². The number of fused-ring (bicyclic) bond motifs is 1. The van der Waals surface area contributed by atoms with E-state index in [0.29, 0.717) is 16.5 Å². The predicted octanol–water partition coefficient (Wildman–Crippen LogP) is 2.70. The summed E-state index contributed by atoms with van der Waals surface area (Å²) < 4.78 is 36.8. The molecule has 1 N–H and O–H groups in total. The summed E-state index contributed by atoms with van der Waals surface area (Å²) >= 11 is 0. The lowest BCUT2D eigenvalue weighted by Gasteiger charge is -2.15. The van der Waals surface area contributed by atoms with Crippen LogP contribution in [0.15, 0.2) is 36.5 Å². The highest BCUT2D eigenvalue weighted by atomic mass is 19.4. The molecule has 17 heavy (non-hydrogen) atoms. The first-order chi connectivity index (χ1) is 7.98. The number of nitrogens with zero attached hydrogens (tertiary/aromatic N) is 1. The van der Waals surface area contributed by atoms with E-state index < -0.39 is 18.7 Å². The molecule has 0 saturated carbocycles. The fraction of sp³-hybridized carbons (Fsp3) is 0.250. The lowest BCUT2D eigenvalue weighted by atomic mass is 10.0. The smallest absolute Gasteiger partial charge is 0.383 e. The number of halogens is 3. The van der Waals surface area contributed by atoms with Crippen LogP contribution in [0.5, 0.6) is 0 Å². The van der Waals surface area contributed by atoms with E-state index in [4.69, 9.17) is 5.11 Å². The van der Waals surface area contributed by atoms with Gasteiger partial charge in [0.15, 0.2) is 6.10 Å². The third-order valence-electron chi connectivity index (χ3n) is 2.53. The van der Waals surface area contributed by atoms with Gasteiger partial charge in [0, 0.05) is 18.0 Å². The Labute approximate surface area is 95.7 Å². The number of alkyl halides is 3. The van der Waals surface area contributed by atoms with Crippen LogP contribution in [0.1, 0.15) is 5.56 Å². The first kappa shape index (κ1) is 11.9. The van der Waals surface area contributed by atoms with Gasteiger partial charge < -0.3 is 5.11 Å². The molecule has 0 aliphatic rings. The molecule has 90 valence electrons. The molecule has 2 nitrogen and oxygen atoms in total. The number of aliphatic hydroxyl groups excluding tert-OH is 1. The summed E-state index contributed by atoms with van der Waals surface area (Å²) in [5, 5.41) is 9.69. The number of benzene rings is 1. The minimum absolute atomic E-state index is 0.445. The largest absolute Gasteiger partial charge is 0.414 e. The van der Waals surface area contributed by atoms with Gasteiger partial charge in [0.05, 0.1) is 5.52 Å². The fourth-order valence-corrected chi connectivity index (χ4v) is 1.66. The third-order valence-corrected chi connectivity index (χ3v) is 2.53. The Morgan fingerprint density at radius 3 is 2.59 bits per heavy atom. The molecule has 0 amide bonds. The molecule has 5 heteroatoms. The van der Waals surface area contributed by atoms with Gasteiger partial charge >= 0.3 is 6.18 Å². The minimum Gasteiger partial charge on any atom is -0.383 e. The minimum atomic E-state index is -4.59. The van der Waals surface area contributed by atoms with Gasteiger partial charge in [0.1, 0.15) is 0 Å². The SMILES string of the molecule is OC(Cc1ccnc2ccccc12)C(F)(F)F. The molecule has 0 radical (unpaired) electrons. The van der Waals surface area contributed by atoms with Gasteiger partial charge in [-0.25, -0.2) is 0 Å². The molecule has 2 rings (SSSR count). The number of hydrogen-bond donors (Lipinski definition) is 1. The maximum atomic E-state index is 12.3. The van der Waals surface area contributed by atoms with Crippen molar-refractivity contribution in [3.05, 3.63) is 42.1 Å². The summed E-state index contributed by atoms with van der Waals surface area (Å²) in [7, 11) is 0. The van der Waals surface area contributed by atoms with Crippen molar-refractivity contribution in [3.63, 3.8) is 0 Å². The third kappa shape index (κ3) is 2.55. The molecule has 1 heterocycles. The highest BCUT2D eigenvalue weighted by molar-refractivity contribution is 5.81. The van der Waals surface area contributed by atoms with Crippen LogP contribution in [0.3, 0.4) is 0 Å². The first-order valence-electron chi connectivity index (χ1n) is 5.06. The average Bonchev–Trinajstić information content (AvgIpc) is 2.28. The Balaban J connectivity index is 2.36. The molecule has 1 aromatic heterocycles. The zero-order valence-electron chi connectivity index (χ0n) is 8.78. The topological polar surface area (TPSA) is 33.1 Å². The molecule has 1 unspecified atom stereocenters. The summed E-state index contributed by atoms with van der Waals surface area (Å²) in [4.78, 5) is 4.05. The van der Waals surface area contributed by atoms with E-state index in [9.17, 15) is 13.2 Å². The van der Waals surface area contributed by atoms with Crippen molar-refractivity contribution in [2.45, 2.75) is 18.7 Å². The Morgan fingerprint density at radius 2 is 1.88 bits per heavy atom. The molecule has 0 saturated heterocycles. The number of para-hydroxylation sites is 1. The first-order valence-corrected chi connectivity index (χ1v) is 5.06. The predicted molar refractivity (Wildman–Crippen MR) is 57.5 cm³/mol. The number of pyridine rings is 1. The Hall–Kier alpha value is -1.62. The van der Waals surface area contributed by atoms with Gasteiger partial charge in [-0.2, -0.15) is 13.2 Å². The van der Waals surface area contributed by atoms with Crippen molar-refractivity contribution in [3.8, 4) is 0 Å². The molecular weight excluding hydrogens is 231 g/mol. The molecule has 0 aliphatic carbocycles. The van der Waals surface area contributed by atoms with Crippen molar-refractivity contribution in [2.24, 2.45) is 0 Å². The summed E-state index contributed by atoms with van der Waals surface area (Å²) in [6.07, 6.45) is -5.94. The molecule has 0 bridgehead atoms. The maximum absolute atomic E-state index is 12.3. The summed E-state index contributed by atoms with van der Waals surface area (Å²) in [5.74, 6) is 0. The van der Waals surface area contributed by atoms with E-state index in [2.05, 4.69) is 4.98 Å². The molecular formula is C12H10F3NO. The van der Waals surface area contributed by atoms with E-state index >= 15 is 0 Å². The zero-order valence-corrected chi connectivity index (χ0v) is 8.78. The molecule has 1 aromatic carbocycles.